The van der Waals surface area contributed by atoms with Crippen molar-refractivity contribution < 1.29 is 8.42 Å². The summed E-state index contributed by atoms with van der Waals surface area (Å²) in [6.07, 6.45) is 3.38. The molecule has 9 nitrogen and oxygen atoms in total. The summed E-state index contributed by atoms with van der Waals surface area (Å²) in [5.74, 6) is 1.17. The molecule has 28 heavy (non-hydrogen) atoms. The van der Waals surface area contributed by atoms with Gasteiger partial charge in [0.2, 0.25) is 10.0 Å². The van der Waals surface area contributed by atoms with Crippen molar-refractivity contribution in [3.8, 4) is 11.4 Å². The Morgan fingerprint density at radius 3 is 2.71 bits per heavy atom. The Balaban J connectivity index is 1.65. The first-order chi connectivity index (χ1) is 13.4. The Labute approximate surface area is 161 Å². The number of primary sulfonamides is 1. The lowest BCUT2D eigenvalue weighted by atomic mass is 10.1. The Morgan fingerprint density at radius 1 is 1.11 bits per heavy atom. The molecule has 0 saturated carbocycles. The number of anilines is 1. The van der Waals surface area contributed by atoms with Gasteiger partial charge in [-0.25, -0.2) is 13.6 Å². The molecule has 0 fully saturated rings. The van der Waals surface area contributed by atoms with Gasteiger partial charge >= 0.3 is 0 Å². The number of benzene rings is 1. The second-order valence-electron chi connectivity index (χ2n) is 6.24. The zero-order chi connectivity index (χ0) is 19.7. The molecule has 0 saturated heterocycles. The largest absolute Gasteiger partial charge is 0.362 e. The normalized spacial score (nSPS) is 12.8. The molecule has 4 rings (SSSR count). The number of fused-ring (bicyclic) bond motifs is 1. The lowest BCUT2D eigenvalue weighted by molar-refractivity contribution is 0.597. The van der Waals surface area contributed by atoms with Crippen LogP contribution in [0.3, 0.4) is 0 Å². The molecule has 1 unspecified atom stereocenters. The van der Waals surface area contributed by atoms with E-state index >= 15 is 0 Å². The molecule has 4 aromatic rings. The molecule has 3 N–H and O–H groups in total. The minimum atomic E-state index is -3.76. The van der Waals surface area contributed by atoms with Crippen molar-refractivity contribution in [1.29, 1.82) is 0 Å². The molecule has 0 spiro atoms. The second-order valence-corrected chi connectivity index (χ2v) is 7.80. The van der Waals surface area contributed by atoms with Crippen LogP contribution in [0.4, 0.5) is 5.82 Å². The van der Waals surface area contributed by atoms with Crippen molar-refractivity contribution in [1.82, 2.24) is 24.8 Å². The first-order valence-corrected chi connectivity index (χ1v) is 9.98. The summed E-state index contributed by atoms with van der Waals surface area (Å²) in [5, 5.41) is 21.3. The van der Waals surface area contributed by atoms with E-state index in [1.54, 1.807) is 41.2 Å². The summed E-state index contributed by atoms with van der Waals surface area (Å²) in [6.45, 7) is 1.91. The van der Waals surface area contributed by atoms with E-state index in [1.165, 1.54) is 6.07 Å². The first-order valence-electron chi connectivity index (χ1n) is 8.44. The number of pyridine rings is 1. The number of aromatic nitrogens is 5. The van der Waals surface area contributed by atoms with Crippen molar-refractivity contribution >= 4 is 21.5 Å². The van der Waals surface area contributed by atoms with Gasteiger partial charge in [-0.1, -0.05) is 12.1 Å². The van der Waals surface area contributed by atoms with Crippen molar-refractivity contribution in [3.05, 3.63) is 66.5 Å². The molecule has 10 heteroatoms. The van der Waals surface area contributed by atoms with Crippen LogP contribution < -0.4 is 10.5 Å². The van der Waals surface area contributed by atoms with Crippen LogP contribution in [-0.2, 0) is 10.0 Å². The number of hydrogen-bond donors (Lipinski definition) is 2. The quantitative estimate of drug-likeness (QED) is 0.529. The van der Waals surface area contributed by atoms with Gasteiger partial charge in [0.15, 0.2) is 11.5 Å². The summed E-state index contributed by atoms with van der Waals surface area (Å²) in [5.41, 5.74) is 2.17. The molecule has 0 aliphatic rings. The molecule has 3 aromatic heterocycles. The van der Waals surface area contributed by atoms with E-state index in [4.69, 9.17) is 5.14 Å². The Kier molecular flexibility index (Phi) is 4.49. The van der Waals surface area contributed by atoms with E-state index in [1.807, 2.05) is 25.1 Å². The molecule has 0 bridgehead atoms. The van der Waals surface area contributed by atoms with Crippen LogP contribution in [-0.4, -0.2) is 33.2 Å². The number of nitrogens with zero attached hydrogens (tertiary/aromatic N) is 5. The fourth-order valence-electron chi connectivity index (χ4n) is 2.81. The van der Waals surface area contributed by atoms with Gasteiger partial charge in [-0.3, -0.25) is 4.98 Å². The van der Waals surface area contributed by atoms with Gasteiger partial charge < -0.3 is 5.32 Å². The molecule has 1 atom stereocenters. The van der Waals surface area contributed by atoms with E-state index in [2.05, 4.69) is 25.6 Å². The van der Waals surface area contributed by atoms with Gasteiger partial charge in [0.05, 0.1) is 10.9 Å². The third kappa shape index (κ3) is 3.55. The number of hydrogen-bond acceptors (Lipinski definition) is 7. The Hall–Kier alpha value is -3.37. The molecule has 0 amide bonds. The zero-order valence-electron chi connectivity index (χ0n) is 14.9. The summed E-state index contributed by atoms with van der Waals surface area (Å²) in [4.78, 5) is 4.17. The zero-order valence-corrected chi connectivity index (χ0v) is 15.7. The predicted molar refractivity (Wildman–Crippen MR) is 104 cm³/mol. The fraction of sp³-hybridized carbons (Fsp3) is 0.111. The summed E-state index contributed by atoms with van der Waals surface area (Å²) in [6, 6.07) is 13.6. The van der Waals surface area contributed by atoms with Crippen molar-refractivity contribution in [2.45, 2.75) is 17.9 Å². The topological polar surface area (TPSA) is 128 Å². The van der Waals surface area contributed by atoms with Gasteiger partial charge in [-0.15, -0.1) is 15.3 Å². The van der Waals surface area contributed by atoms with Crippen LogP contribution in [0.25, 0.3) is 17.0 Å². The maximum Gasteiger partial charge on any atom is 0.238 e. The lowest BCUT2D eigenvalue weighted by Gasteiger charge is -2.15. The summed E-state index contributed by atoms with van der Waals surface area (Å²) < 4.78 is 24.8. The lowest BCUT2D eigenvalue weighted by Crippen LogP contribution is -2.14. The van der Waals surface area contributed by atoms with E-state index < -0.39 is 10.0 Å². The standard InChI is InChI=1S/C18H17N7O2S/c1-12(13-4-2-6-15(10-13)28(19,26)27)21-16-7-8-17-22-23-18(25(17)24-16)14-5-3-9-20-11-14/h2-12H,1H3,(H,21,24)(H2,19,26,27). The number of sulfonamides is 1. The average Bonchev–Trinajstić information content (AvgIpc) is 3.11. The van der Waals surface area contributed by atoms with Crippen LogP contribution in [0.15, 0.2) is 65.8 Å². The number of nitrogens with two attached hydrogens (primary N) is 1. The molecule has 0 aliphatic carbocycles. The van der Waals surface area contributed by atoms with E-state index in [-0.39, 0.29) is 10.9 Å². The van der Waals surface area contributed by atoms with Crippen LogP contribution in [0, 0.1) is 0 Å². The second kappa shape index (κ2) is 6.98. The monoisotopic (exact) mass is 395 g/mol. The number of rotatable bonds is 5. The third-order valence-electron chi connectivity index (χ3n) is 4.23. The van der Waals surface area contributed by atoms with Crippen molar-refractivity contribution in [2.75, 3.05) is 5.32 Å². The van der Waals surface area contributed by atoms with Crippen LogP contribution >= 0.6 is 0 Å². The van der Waals surface area contributed by atoms with Gasteiger partial charge in [-0.2, -0.15) is 4.52 Å². The first kappa shape index (κ1) is 18.0. The SMILES string of the molecule is CC(Nc1ccc2nnc(-c3cccnc3)n2n1)c1cccc(S(N)(=O)=O)c1. The highest BCUT2D eigenvalue weighted by atomic mass is 32.2. The molecular formula is C18H17N7O2S. The minimum absolute atomic E-state index is 0.0692. The van der Waals surface area contributed by atoms with Crippen LogP contribution in [0.2, 0.25) is 0 Å². The molecule has 3 heterocycles. The highest BCUT2D eigenvalue weighted by Crippen LogP contribution is 2.22. The molecule has 0 aliphatic heterocycles. The van der Waals surface area contributed by atoms with E-state index in [0.29, 0.717) is 17.3 Å². The molecule has 0 radical (unpaired) electrons. The molecule has 142 valence electrons. The Morgan fingerprint density at radius 2 is 1.96 bits per heavy atom. The smallest absolute Gasteiger partial charge is 0.238 e. The van der Waals surface area contributed by atoms with Crippen molar-refractivity contribution in [2.24, 2.45) is 5.14 Å². The van der Waals surface area contributed by atoms with Crippen molar-refractivity contribution in [3.63, 3.8) is 0 Å². The van der Waals surface area contributed by atoms with Gasteiger partial charge in [-0.05, 0) is 48.9 Å². The number of nitrogens with one attached hydrogen (secondary N) is 1. The van der Waals surface area contributed by atoms with Gasteiger partial charge in [0.25, 0.3) is 0 Å². The highest BCUT2D eigenvalue weighted by molar-refractivity contribution is 7.89. The maximum absolute atomic E-state index is 11.6. The van der Waals surface area contributed by atoms with Gasteiger partial charge in [0.1, 0.15) is 5.82 Å². The maximum atomic E-state index is 11.6. The summed E-state index contributed by atoms with van der Waals surface area (Å²) in [7, 11) is -3.76. The van der Waals surface area contributed by atoms with E-state index in [0.717, 1.165) is 11.1 Å². The predicted octanol–water partition coefficient (Wildman–Crippen LogP) is 2.01. The molecular weight excluding hydrogens is 378 g/mol. The average molecular weight is 395 g/mol. The van der Waals surface area contributed by atoms with Crippen LogP contribution in [0.1, 0.15) is 18.5 Å². The van der Waals surface area contributed by atoms with E-state index in [9.17, 15) is 8.42 Å². The minimum Gasteiger partial charge on any atom is -0.362 e. The fourth-order valence-corrected chi connectivity index (χ4v) is 3.38. The third-order valence-corrected chi connectivity index (χ3v) is 5.14. The van der Waals surface area contributed by atoms with Gasteiger partial charge in [0, 0.05) is 18.0 Å². The summed E-state index contributed by atoms with van der Waals surface area (Å²) >= 11 is 0. The molecule has 1 aromatic carbocycles. The van der Waals surface area contributed by atoms with Crippen LogP contribution in [0.5, 0.6) is 0 Å². The highest BCUT2D eigenvalue weighted by Gasteiger charge is 2.14. The Bertz CT molecular complexity index is 1240.